The third kappa shape index (κ3) is 4.74. The number of methoxy groups -OCH3 is 1. The van der Waals surface area contributed by atoms with Gasteiger partial charge >= 0.3 is 7.05 Å². The molecule has 8 heteroatoms. The fourth-order valence-corrected chi connectivity index (χ4v) is 4.23. The molecule has 0 fully saturated rings. The average Bonchev–Trinajstić information content (AvgIpc) is 3.20. The summed E-state index contributed by atoms with van der Waals surface area (Å²) in [5.74, 6) is 0.800. The number of fused-ring (bicyclic) bond motifs is 1. The Balaban J connectivity index is 1.70. The second-order valence-corrected chi connectivity index (χ2v) is 8.41. The lowest BCUT2D eigenvalue weighted by molar-refractivity contribution is 0.111. The van der Waals surface area contributed by atoms with Gasteiger partial charge in [-0.25, -0.2) is 0 Å². The third-order valence-corrected chi connectivity index (χ3v) is 6.32. The lowest BCUT2D eigenvalue weighted by atomic mass is 9.84. The van der Waals surface area contributed by atoms with Crippen LogP contribution in [0.3, 0.4) is 0 Å². The summed E-state index contributed by atoms with van der Waals surface area (Å²) in [6.45, 7) is 7.77. The summed E-state index contributed by atoms with van der Waals surface area (Å²) in [5, 5.41) is 15.4. The topological polar surface area (TPSA) is 80.5 Å². The Labute approximate surface area is 200 Å². The van der Waals surface area contributed by atoms with E-state index >= 15 is 0 Å². The maximum Gasteiger partial charge on any atom is 0.376 e. The number of ether oxygens (including phenoxy) is 1. The van der Waals surface area contributed by atoms with Crippen LogP contribution < -0.4 is 4.74 Å². The van der Waals surface area contributed by atoms with E-state index < -0.39 is 7.05 Å². The van der Waals surface area contributed by atoms with E-state index in [0.29, 0.717) is 18.8 Å². The van der Waals surface area contributed by atoms with Gasteiger partial charge in [0.1, 0.15) is 11.4 Å². The van der Waals surface area contributed by atoms with Crippen molar-refractivity contribution in [2.45, 2.75) is 33.8 Å². The van der Waals surface area contributed by atoms with Crippen molar-refractivity contribution in [1.29, 1.82) is 0 Å². The Morgan fingerprint density at radius 2 is 1.94 bits per heavy atom. The summed E-state index contributed by atoms with van der Waals surface area (Å²) in [6.07, 6.45) is 4.51. The van der Waals surface area contributed by atoms with E-state index in [1.54, 1.807) is 13.9 Å². The minimum absolute atomic E-state index is 0.415. The first-order valence-electron chi connectivity index (χ1n) is 11.4. The molecule has 0 radical (unpaired) electrons. The van der Waals surface area contributed by atoms with Crippen LogP contribution in [0.4, 0.5) is 0 Å². The number of carbonyl (C=O) groups is 1. The molecule has 4 rings (SSSR count). The highest BCUT2D eigenvalue weighted by molar-refractivity contribution is 6.45. The maximum atomic E-state index is 11.8. The van der Waals surface area contributed by atoms with E-state index in [1.165, 1.54) is 0 Å². The molecule has 0 saturated heterocycles. The van der Waals surface area contributed by atoms with Crippen LogP contribution in [0.15, 0.2) is 54.9 Å². The number of aldehydes is 1. The summed E-state index contributed by atoms with van der Waals surface area (Å²) >= 11 is 0. The number of pyridine rings is 1. The normalized spacial score (nSPS) is 11.2. The Morgan fingerprint density at radius 1 is 1.18 bits per heavy atom. The lowest BCUT2D eigenvalue weighted by Crippen LogP contribution is -2.36. The van der Waals surface area contributed by atoms with Gasteiger partial charge in [-0.3, -0.25) is 14.5 Å². The summed E-state index contributed by atoms with van der Waals surface area (Å²) in [6, 6.07) is 13.9. The van der Waals surface area contributed by atoms with Crippen molar-refractivity contribution in [2.75, 3.05) is 13.7 Å². The van der Waals surface area contributed by atoms with Crippen LogP contribution >= 0.6 is 0 Å². The second-order valence-electron chi connectivity index (χ2n) is 8.41. The first kappa shape index (κ1) is 23.7. The first-order valence-corrected chi connectivity index (χ1v) is 11.4. The molecule has 0 saturated carbocycles. The van der Waals surface area contributed by atoms with Crippen molar-refractivity contribution < 1.29 is 14.6 Å². The molecule has 2 heterocycles. The molecule has 0 spiro atoms. The van der Waals surface area contributed by atoms with E-state index in [2.05, 4.69) is 17.0 Å². The van der Waals surface area contributed by atoms with Gasteiger partial charge in [0.05, 0.1) is 19.2 Å². The summed E-state index contributed by atoms with van der Waals surface area (Å²) in [5.41, 5.74) is 6.52. The molecule has 174 valence electrons. The van der Waals surface area contributed by atoms with Crippen molar-refractivity contribution in [3.63, 3.8) is 0 Å². The smallest absolute Gasteiger partial charge is 0.376 e. The molecule has 2 aromatic carbocycles. The van der Waals surface area contributed by atoms with Crippen molar-refractivity contribution in [3.05, 3.63) is 77.2 Å². The molecule has 0 atom stereocenters. The molecular formula is C26H29BN4O3. The van der Waals surface area contributed by atoms with E-state index in [1.807, 2.05) is 71.3 Å². The predicted octanol–water partition coefficient (Wildman–Crippen LogP) is 4.21. The van der Waals surface area contributed by atoms with Crippen molar-refractivity contribution in [2.24, 2.45) is 0 Å². The highest BCUT2D eigenvalue weighted by atomic mass is 16.5. The molecule has 1 N–H and O–H groups in total. The van der Waals surface area contributed by atoms with Gasteiger partial charge in [-0.15, -0.1) is 0 Å². The molecule has 0 amide bonds. The molecule has 0 aliphatic rings. The Bertz CT molecular complexity index is 1300. The van der Waals surface area contributed by atoms with Crippen LogP contribution in [0.5, 0.6) is 5.75 Å². The van der Waals surface area contributed by atoms with Gasteiger partial charge in [0, 0.05) is 29.9 Å². The van der Waals surface area contributed by atoms with Gasteiger partial charge in [-0.2, -0.15) is 5.10 Å². The molecule has 7 nitrogen and oxygen atoms in total. The number of aromatic nitrogens is 3. The van der Waals surface area contributed by atoms with Crippen molar-refractivity contribution in [1.82, 2.24) is 19.6 Å². The monoisotopic (exact) mass is 456 g/mol. The highest BCUT2D eigenvalue weighted by Crippen LogP contribution is 2.30. The van der Waals surface area contributed by atoms with Gasteiger partial charge in [-0.05, 0) is 66.8 Å². The number of hydrogen-bond donors (Lipinski definition) is 1. The summed E-state index contributed by atoms with van der Waals surface area (Å²) in [4.78, 5) is 18.3. The summed E-state index contributed by atoms with van der Waals surface area (Å²) < 4.78 is 7.09. The van der Waals surface area contributed by atoms with Gasteiger partial charge in [-0.1, -0.05) is 25.1 Å². The maximum absolute atomic E-state index is 11.8. The van der Waals surface area contributed by atoms with E-state index in [0.717, 1.165) is 57.3 Å². The minimum atomic E-state index is -0.531. The molecule has 0 bridgehead atoms. The van der Waals surface area contributed by atoms with E-state index in [-0.39, 0.29) is 0 Å². The fraction of sp³-hybridized carbons (Fsp3) is 0.269. The zero-order valence-corrected chi connectivity index (χ0v) is 20.0. The molecule has 0 aliphatic carbocycles. The third-order valence-electron chi connectivity index (χ3n) is 6.32. The average molecular weight is 456 g/mol. The highest BCUT2D eigenvalue weighted by Gasteiger charge is 2.18. The second kappa shape index (κ2) is 10.2. The number of nitrogens with zero attached hydrogens (tertiary/aromatic N) is 4. The molecule has 0 unspecified atom stereocenters. The quantitative estimate of drug-likeness (QED) is 0.300. The number of hydrogen-bond acceptors (Lipinski definition) is 6. The van der Waals surface area contributed by atoms with Crippen LogP contribution in [0.2, 0.25) is 6.82 Å². The standard InChI is InChI=1S/C26H29BN4O3/c1-5-30(27(3)33)16-21-13-28-14-24(18(21)2)20-8-11-26-23(12-20)25(17-32)29-31(26)15-19-6-9-22(34-4)10-7-19/h6-14,17,33H,5,15-16H2,1-4H3. The summed E-state index contributed by atoms with van der Waals surface area (Å²) in [7, 11) is 1.11. The van der Waals surface area contributed by atoms with Gasteiger partial charge in [0.15, 0.2) is 6.29 Å². The Hall–Kier alpha value is -3.49. The van der Waals surface area contributed by atoms with E-state index in [4.69, 9.17) is 4.74 Å². The van der Waals surface area contributed by atoms with Crippen LogP contribution in [0.25, 0.3) is 22.0 Å². The van der Waals surface area contributed by atoms with Crippen LogP contribution in [-0.2, 0) is 13.1 Å². The SMILES string of the molecule is CCN(Cc1cncc(-c2ccc3c(c2)c(C=O)nn3Cc2ccc(OC)cc2)c1C)B(C)O. The zero-order chi connectivity index (χ0) is 24.2. The number of carbonyl (C=O) groups excluding carboxylic acids is 1. The van der Waals surface area contributed by atoms with E-state index in [9.17, 15) is 9.82 Å². The molecule has 0 aliphatic heterocycles. The van der Waals surface area contributed by atoms with Gasteiger partial charge < -0.3 is 14.6 Å². The first-order chi connectivity index (χ1) is 16.4. The van der Waals surface area contributed by atoms with Crippen LogP contribution in [0.1, 0.15) is 34.1 Å². The predicted molar refractivity (Wildman–Crippen MR) is 135 cm³/mol. The Morgan fingerprint density at radius 3 is 2.59 bits per heavy atom. The lowest BCUT2D eigenvalue weighted by Gasteiger charge is -2.22. The van der Waals surface area contributed by atoms with Crippen LogP contribution in [-0.4, -0.2) is 51.6 Å². The number of rotatable bonds is 9. The van der Waals surface area contributed by atoms with Crippen molar-refractivity contribution >= 4 is 24.2 Å². The zero-order valence-electron chi connectivity index (χ0n) is 20.0. The van der Waals surface area contributed by atoms with Crippen molar-refractivity contribution in [3.8, 4) is 16.9 Å². The molecule has 2 aromatic heterocycles. The number of benzene rings is 2. The van der Waals surface area contributed by atoms with Gasteiger partial charge in [0.2, 0.25) is 0 Å². The molecule has 4 aromatic rings. The molecule has 34 heavy (non-hydrogen) atoms. The fourth-order valence-electron chi connectivity index (χ4n) is 4.23. The largest absolute Gasteiger partial charge is 0.497 e. The minimum Gasteiger partial charge on any atom is -0.497 e. The Kier molecular flexibility index (Phi) is 7.10. The molecular weight excluding hydrogens is 427 g/mol. The van der Waals surface area contributed by atoms with Gasteiger partial charge in [0.25, 0.3) is 0 Å². The van der Waals surface area contributed by atoms with Crippen LogP contribution in [0, 0.1) is 6.92 Å².